The molecule has 3 aromatic rings. The second-order valence-electron chi connectivity index (χ2n) is 15.9. The molecular formula is C43H60O3. The zero-order valence-electron chi connectivity index (χ0n) is 31.0. The van der Waals surface area contributed by atoms with Crippen molar-refractivity contribution in [2.24, 2.45) is 0 Å². The minimum Gasteiger partial charge on any atom is -0.507 e. The predicted octanol–water partition coefficient (Wildman–Crippen LogP) is 12.2. The van der Waals surface area contributed by atoms with Crippen LogP contribution in [0.4, 0.5) is 0 Å². The standard InChI is InChI=1S/C43H60O3/c1-15-40(7,8)31-25-21-19-23-29(31)34-33(27(5)28(6)39(45)46)38(44)37(43(13,14)18-4)35(36(34)42(11,12)17-3)30-24-20-22-26-32(30)41(9,10)16-2/h19-27,44H,6,15-18H2,1-5,7-14H3,(H,45,46). The van der Waals surface area contributed by atoms with Gasteiger partial charge in [0.15, 0.2) is 0 Å². The van der Waals surface area contributed by atoms with Gasteiger partial charge in [-0.2, -0.15) is 0 Å². The van der Waals surface area contributed by atoms with Crippen LogP contribution in [0, 0.1) is 0 Å². The molecule has 0 saturated heterocycles. The number of phenolic OH excluding ortho intramolecular Hbond substituents is 1. The molecular weight excluding hydrogens is 564 g/mol. The van der Waals surface area contributed by atoms with Crippen LogP contribution in [0.25, 0.3) is 22.3 Å². The van der Waals surface area contributed by atoms with Crippen molar-refractivity contribution in [3.63, 3.8) is 0 Å². The number of aromatic hydroxyl groups is 1. The van der Waals surface area contributed by atoms with Gasteiger partial charge in [0.05, 0.1) is 0 Å². The van der Waals surface area contributed by atoms with E-state index in [9.17, 15) is 15.0 Å². The van der Waals surface area contributed by atoms with Crippen LogP contribution in [-0.2, 0) is 26.5 Å². The van der Waals surface area contributed by atoms with E-state index < -0.39 is 17.3 Å². The molecule has 2 N–H and O–H groups in total. The lowest BCUT2D eigenvalue weighted by molar-refractivity contribution is -0.132. The zero-order chi connectivity index (χ0) is 35.0. The fourth-order valence-electron chi connectivity index (χ4n) is 6.74. The van der Waals surface area contributed by atoms with Crippen molar-refractivity contribution in [2.45, 2.75) is 143 Å². The maximum Gasteiger partial charge on any atom is 0.331 e. The number of carboxylic acid groups (broad SMARTS) is 1. The maximum absolute atomic E-state index is 12.9. The summed E-state index contributed by atoms with van der Waals surface area (Å²) in [6, 6.07) is 17.3. The van der Waals surface area contributed by atoms with E-state index in [2.05, 4.69) is 138 Å². The average molecular weight is 625 g/mol. The first-order chi connectivity index (χ1) is 21.3. The van der Waals surface area contributed by atoms with Crippen LogP contribution < -0.4 is 0 Å². The Labute approximate surface area is 280 Å². The summed E-state index contributed by atoms with van der Waals surface area (Å²) in [6.45, 7) is 32.9. The molecule has 1 unspecified atom stereocenters. The van der Waals surface area contributed by atoms with Gasteiger partial charge in [0.2, 0.25) is 0 Å². The highest BCUT2D eigenvalue weighted by Crippen LogP contribution is 2.57. The van der Waals surface area contributed by atoms with E-state index in [0.29, 0.717) is 5.56 Å². The van der Waals surface area contributed by atoms with Crippen LogP contribution in [-0.4, -0.2) is 16.2 Å². The van der Waals surface area contributed by atoms with Gasteiger partial charge < -0.3 is 10.2 Å². The Morgan fingerprint density at radius 3 is 1.41 bits per heavy atom. The van der Waals surface area contributed by atoms with Gasteiger partial charge in [0.1, 0.15) is 5.75 Å². The first kappa shape index (κ1) is 37.1. The van der Waals surface area contributed by atoms with E-state index in [1.807, 2.05) is 6.92 Å². The third kappa shape index (κ3) is 6.57. The first-order valence-electron chi connectivity index (χ1n) is 17.3. The second-order valence-corrected chi connectivity index (χ2v) is 15.9. The lowest BCUT2D eigenvalue weighted by Crippen LogP contribution is -2.28. The quantitative estimate of drug-likeness (QED) is 0.186. The van der Waals surface area contributed by atoms with Gasteiger partial charge in [-0.3, -0.25) is 0 Å². The van der Waals surface area contributed by atoms with Gasteiger partial charge in [-0.05, 0) is 86.3 Å². The Kier molecular flexibility index (Phi) is 10.8. The molecule has 3 aromatic carbocycles. The van der Waals surface area contributed by atoms with Gasteiger partial charge in [-0.25, -0.2) is 4.79 Å². The molecule has 0 radical (unpaired) electrons. The highest BCUT2D eigenvalue weighted by molar-refractivity contribution is 5.94. The summed E-state index contributed by atoms with van der Waals surface area (Å²) in [7, 11) is 0. The molecule has 3 rings (SSSR count). The lowest BCUT2D eigenvalue weighted by Gasteiger charge is -2.40. The van der Waals surface area contributed by atoms with Crippen LogP contribution in [0.5, 0.6) is 5.75 Å². The van der Waals surface area contributed by atoms with E-state index in [1.165, 1.54) is 16.7 Å². The van der Waals surface area contributed by atoms with E-state index in [4.69, 9.17) is 0 Å². The molecule has 0 heterocycles. The number of benzene rings is 3. The van der Waals surface area contributed by atoms with Crippen LogP contribution in [0.15, 0.2) is 60.7 Å². The lowest BCUT2D eigenvalue weighted by atomic mass is 9.63. The van der Waals surface area contributed by atoms with Crippen LogP contribution >= 0.6 is 0 Å². The zero-order valence-corrected chi connectivity index (χ0v) is 31.0. The van der Waals surface area contributed by atoms with Crippen LogP contribution in [0.1, 0.15) is 149 Å². The second kappa shape index (κ2) is 13.4. The molecule has 0 spiro atoms. The minimum absolute atomic E-state index is 0.0737. The fraction of sp³-hybridized carbons (Fsp3) is 0.512. The number of rotatable bonds is 13. The Morgan fingerprint density at radius 2 is 1.02 bits per heavy atom. The molecule has 3 heteroatoms. The van der Waals surface area contributed by atoms with Gasteiger partial charge in [0, 0.05) is 22.6 Å². The summed E-state index contributed by atoms with van der Waals surface area (Å²) in [5.74, 6) is -1.48. The van der Waals surface area contributed by atoms with Gasteiger partial charge in [0.25, 0.3) is 0 Å². The van der Waals surface area contributed by atoms with E-state index in [0.717, 1.165) is 53.5 Å². The molecule has 0 bridgehead atoms. The molecule has 0 aliphatic rings. The largest absolute Gasteiger partial charge is 0.507 e. The molecule has 0 fully saturated rings. The van der Waals surface area contributed by atoms with Gasteiger partial charge >= 0.3 is 5.97 Å². The van der Waals surface area contributed by atoms with Crippen molar-refractivity contribution in [1.29, 1.82) is 0 Å². The van der Waals surface area contributed by atoms with Crippen molar-refractivity contribution < 1.29 is 15.0 Å². The highest BCUT2D eigenvalue weighted by Gasteiger charge is 2.41. The smallest absolute Gasteiger partial charge is 0.331 e. The van der Waals surface area contributed by atoms with Gasteiger partial charge in [-0.15, -0.1) is 0 Å². The normalized spacial score (nSPS) is 13.5. The van der Waals surface area contributed by atoms with Crippen molar-refractivity contribution in [2.75, 3.05) is 0 Å². The summed E-state index contributed by atoms with van der Waals surface area (Å²) in [4.78, 5) is 12.5. The number of aliphatic carboxylic acids is 1. The SMILES string of the molecule is C=C(C(=O)O)C(C)c1c(O)c(C(C)(C)CC)c(-c2ccccc2C(C)(C)CC)c(C(C)(C)CC)c1-c1ccccc1C(C)(C)CC. The number of phenols is 1. The molecule has 0 aromatic heterocycles. The van der Waals surface area contributed by atoms with Crippen LogP contribution in [0.2, 0.25) is 0 Å². The fourth-order valence-corrected chi connectivity index (χ4v) is 6.74. The van der Waals surface area contributed by atoms with Crippen molar-refractivity contribution in [3.8, 4) is 28.0 Å². The van der Waals surface area contributed by atoms with E-state index in [-0.39, 0.29) is 27.6 Å². The molecule has 0 amide bonds. The summed E-state index contributed by atoms with van der Waals surface area (Å²) in [5, 5.41) is 23.1. The topological polar surface area (TPSA) is 57.5 Å². The number of carboxylic acids is 1. The summed E-state index contributed by atoms with van der Waals surface area (Å²) < 4.78 is 0. The summed E-state index contributed by atoms with van der Waals surface area (Å²) in [6.07, 6.45) is 3.54. The molecule has 250 valence electrons. The van der Waals surface area contributed by atoms with Crippen molar-refractivity contribution >= 4 is 5.97 Å². The highest BCUT2D eigenvalue weighted by atomic mass is 16.4. The van der Waals surface area contributed by atoms with Gasteiger partial charge in [-0.1, -0.05) is 145 Å². The summed E-state index contributed by atoms with van der Waals surface area (Å²) >= 11 is 0. The van der Waals surface area contributed by atoms with Crippen molar-refractivity contribution in [1.82, 2.24) is 0 Å². The minimum atomic E-state index is -1.05. The number of hydrogen-bond acceptors (Lipinski definition) is 2. The third-order valence-corrected chi connectivity index (χ3v) is 11.5. The Bertz CT molecular complexity index is 1600. The number of hydrogen-bond donors (Lipinski definition) is 2. The Morgan fingerprint density at radius 1 is 0.652 bits per heavy atom. The molecule has 46 heavy (non-hydrogen) atoms. The molecule has 3 nitrogen and oxygen atoms in total. The number of carbonyl (C=O) groups is 1. The van der Waals surface area contributed by atoms with Crippen LogP contribution in [0.3, 0.4) is 0 Å². The summed E-state index contributed by atoms with van der Waals surface area (Å²) in [5.41, 5.74) is 8.45. The third-order valence-electron chi connectivity index (χ3n) is 11.5. The molecule has 0 saturated carbocycles. The van der Waals surface area contributed by atoms with E-state index in [1.54, 1.807) is 0 Å². The maximum atomic E-state index is 12.9. The monoisotopic (exact) mass is 624 g/mol. The Balaban J connectivity index is 2.93. The molecule has 1 atom stereocenters. The first-order valence-corrected chi connectivity index (χ1v) is 17.3. The Hall–Kier alpha value is -3.33. The predicted molar refractivity (Wildman–Crippen MR) is 197 cm³/mol. The van der Waals surface area contributed by atoms with Crippen molar-refractivity contribution in [3.05, 3.63) is 88.5 Å². The molecule has 0 aliphatic carbocycles. The molecule has 0 aliphatic heterocycles. The average Bonchev–Trinajstić information content (AvgIpc) is 3.02. The van der Waals surface area contributed by atoms with E-state index >= 15 is 0 Å².